The molecule has 2 aromatic rings. The predicted molar refractivity (Wildman–Crippen MR) is 78.0 cm³/mol. The van der Waals surface area contributed by atoms with Crippen molar-refractivity contribution >= 4 is 11.6 Å². The second kappa shape index (κ2) is 5.94. The monoisotopic (exact) mass is 290 g/mol. The van der Waals surface area contributed by atoms with Crippen molar-refractivity contribution in [2.75, 3.05) is 18.9 Å². The Kier molecular flexibility index (Phi) is 4.25. The number of aliphatic hydroxyl groups excluding tert-OH is 2. The van der Waals surface area contributed by atoms with Crippen molar-refractivity contribution in [3.63, 3.8) is 0 Å². The van der Waals surface area contributed by atoms with Crippen molar-refractivity contribution < 1.29 is 15.0 Å². The molecule has 112 valence electrons. The molecule has 0 spiro atoms. The minimum Gasteiger partial charge on any atom is -0.399 e. The fourth-order valence-corrected chi connectivity index (χ4v) is 1.68. The number of hydrogen-bond donors (Lipinski definition) is 4. The molecule has 0 saturated heterocycles. The van der Waals surface area contributed by atoms with Crippen LogP contribution in [-0.2, 0) is 0 Å². The number of benzene rings is 1. The van der Waals surface area contributed by atoms with Crippen LogP contribution in [0.2, 0.25) is 0 Å². The third-order valence-corrected chi connectivity index (χ3v) is 3.09. The highest BCUT2D eigenvalue weighted by Crippen LogP contribution is 2.11. The average Bonchev–Trinajstić information content (AvgIpc) is 2.98. The van der Waals surface area contributed by atoms with Crippen LogP contribution >= 0.6 is 0 Å². The van der Waals surface area contributed by atoms with Gasteiger partial charge in [0.1, 0.15) is 0 Å². The Morgan fingerprint density at radius 1 is 1.29 bits per heavy atom. The van der Waals surface area contributed by atoms with E-state index in [0.717, 1.165) is 5.69 Å². The van der Waals surface area contributed by atoms with Crippen molar-refractivity contribution in [1.29, 1.82) is 0 Å². The summed E-state index contributed by atoms with van der Waals surface area (Å²) in [4.78, 5) is 12.0. The summed E-state index contributed by atoms with van der Waals surface area (Å²) in [6, 6.07) is 8.61. The first-order chi connectivity index (χ1) is 9.97. The molecule has 0 aliphatic rings. The Bertz CT molecular complexity index is 617. The second-order valence-electron chi connectivity index (χ2n) is 5.07. The maximum atomic E-state index is 12.0. The van der Waals surface area contributed by atoms with Gasteiger partial charge in [0.05, 0.1) is 24.4 Å². The molecule has 0 aliphatic heterocycles. The fourth-order valence-electron chi connectivity index (χ4n) is 1.68. The Morgan fingerprint density at radius 3 is 2.48 bits per heavy atom. The topological polar surface area (TPSA) is 113 Å². The van der Waals surface area contributed by atoms with Crippen molar-refractivity contribution in [3.8, 4) is 5.69 Å². The third kappa shape index (κ3) is 3.39. The molecule has 0 radical (unpaired) electrons. The molecule has 7 heteroatoms. The van der Waals surface area contributed by atoms with Gasteiger partial charge in [-0.3, -0.25) is 4.79 Å². The molecule has 2 rings (SSSR count). The highest BCUT2D eigenvalue weighted by atomic mass is 16.3. The molecule has 0 aliphatic carbocycles. The highest BCUT2D eigenvalue weighted by Gasteiger charge is 2.26. The van der Waals surface area contributed by atoms with E-state index in [0.29, 0.717) is 5.69 Å². The van der Waals surface area contributed by atoms with E-state index in [1.807, 2.05) is 0 Å². The lowest BCUT2D eigenvalue weighted by Crippen LogP contribution is -2.51. The second-order valence-corrected chi connectivity index (χ2v) is 5.07. The van der Waals surface area contributed by atoms with E-state index in [1.54, 1.807) is 48.1 Å². The van der Waals surface area contributed by atoms with Gasteiger partial charge in [-0.05, 0) is 37.3 Å². The molecular formula is C14H18N4O3. The lowest BCUT2D eigenvalue weighted by molar-refractivity contribution is 0.0719. The zero-order valence-electron chi connectivity index (χ0n) is 11.7. The first-order valence-corrected chi connectivity index (χ1v) is 6.43. The molecule has 5 N–H and O–H groups in total. The molecule has 21 heavy (non-hydrogen) atoms. The van der Waals surface area contributed by atoms with Gasteiger partial charge in [-0.15, -0.1) is 0 Å². The Morgan fingerprint density at radius 2 is 1.90 bits per heavy atom. The summed E-state index contributed by atoms with van der Waals surface area (Å²) < 4.78 is 1.55. The molecule has 0 unspecified atom stereocenters. The van der Waals surface area contributed by atoms with Crippen LogP contribution in [0, 0.1) is 0 Å². The van der Waals surface area contributed by atoms with Crippen molar-refractivity contribution in [2.24, 2.45) is 0 Å². The minimum atomic E-state index is -1.08. The highest BCUT2D eigenvalue weighted by molar-refractivity contribution is 5.92. The van der Waals surface area contributed by atoms with Gasteiger partial charge in [-0.2, -0.15) is 5.10 Å². The number of aliphatic hydroxyl groups is 2. The maximum absolute atomic E-state index is 12.0. The number of hydrogen-bond acceptors (Lipinski definition) is 5. The van der Waals surface area contributed by atoms with Crippen LogP contribution in [0.1, 0.15) is 17.4 Å². The predicted octanol–water partition coefficient (Wildman–Crippen LogP) is -0.0724. The number of nitrogens with two attached hydrogens (primary N) is 1. The molecule has 0 saturated carbocycles. The van der Waals surface area contributed by atoms with Crippen molar-refractivity contribution in [2.45, 2.75) is 12.5 Å². The lowest BCUT2D eigenvalue weighted by Gasteiger charge is -2.25. The van der Waals surface area contributed by atoms with Crippen LogP contribution in [0.5, 0.6) is 0 Å². The molecule has 0 bridgehead atoms. The van der Waals surface area contributed by atoms with E-state index in [1.165, 1.54) is 0 Å². The molecule has 1 aromatic carbocycles. The number of nitrogen functional groups attached to an aromatic ring is 1. The smallest absolute Gasteiger partial charge is 0.272 e. The summed E-state index contributed by atoms with van der Waals surface area (Å²) >= 11 is 0. The minimum absolute atomic E-state index is 0.194. The van der Waals surface area contributed by atoms with E-state index in [2.05, 4.69) is 10.4 Å². The molecule has 7 nitrogen and oxygen atoms in total. The Labute approximate surface area is 122 Å². The molecular weight excluding hydrogens is 272 g/mol. The Balaban J connectivity index is 2.16. The summed E-state index contributed by atoms with van der Waals surface area (Å²) in [6.45, 7) is 0.809. The van der Waals surface area contributed by atoms with Gasteiger partial charge in [0, 0.05) is 11.9 Å². The zero-order chi connectivity index (χ0) is 15.5. The number of aromatic nitrogens is 2. The van der Waals surface area contributed by atoms with Crippen LogP contribution < -0.4 is 11.1 Å². The quantitative estimate of drug-likeness (QED) is 0.576. The normalized spacial score (nSPS) is 11.4. The van der Waals surface area contributed by atoms with Gasteiger partial charge in [0.25, 0.3) is 5.91 Å². The van der Waals surface area contributed by atoms with Gasteiger partial charge in [0.15, 0.2) is 5.69 Å². The van der Waals surface area contributed by atoms with Gasteiger partial charge in [-0.1, -0.05) is 0 Å². The summed E-state index contributed by atoms with van der Waals surface area (Å²) in [5.41, 5.74) is 6.15. The first-order valence-electron chi connectivity index (χ1n) is 6.43. The number of anilines is 1. The summed E-state index contributed by atoms with van der Waals surface area (Å²) in [7, 11) is 0. The van der Waals surface area contributed by atoms with Crippen molar-refractivity contribution in [1.82, 2.24) is 15.1 Å². The number of carbonyl (C=O) groups excluding carboxylic acids is 1. The van der Waals surface area contributed by atoms with E-state index in [9.17, 15) is 15.0 Å². The van der Waals surface area contributed by atoms with Crippen LogP contribution in [0.25, 0.3) is 5.69 Å². The molecule has 1 amide bonds. The molecule has 0 fully saturated rings. The standard InChI is InChI=1S/C14H18N4O3/c1-14(8-19,9-20)16-13(21)12-6-7-18(17-12)11-4-2-10(15)3-5-11/h2-7,19-20H,8-9,15H2,1H3,(H,16,21). The van der Waals surface area contributed by atoms with Gasteiger partial charge < -0.3 is 21.3 Å². The lowest BCUT2D eigenvalue weighted by atomic mass is 10.1. The van der Waals surface area contributed by atoms with Gasteiger partial charge in [-0.25, -0.2) is 4.68 Å². The molecule has 1 heterocycles. The van der Waals surface area contributed by atoms with E-state index < -0.39 is 11.4 Å². The molecule has 0 atom stereocenters. The SMILES string of the molecule is CC(CO)(CO)NC(=O)c1ccn(-c2ccc(N)cc2)n1. The van der Waals surface area contributed by atoms with Gasteiger partial charge >= 0.3 is 0 Å². The van der Waals surface area contributed by atoms with Crippen LogP contribution in [-0.4, -0.2) is 44.7 Å². The number of carbonyl (C=O) groups is 1. The zero-order valence-corrected chi connectivity index (χ0v) is 11.7. The van der Waals surface area contributed by atoms with Crippen LogP contribution in [0.15, 0.2) is 36.5 Å². The van der Waals surface area contributed by atoms with Crippen molar-refractivity contribution in [3.05, 3.63) is 42.2 Å². The third-order valence-electron chi connectivity index (χ3n) is 3.09. The maximum Gasteiger partial charge on any atom is 0.272 e. The summed E-state index contributed by atoms with van der Waals surface area (Å²) in [5, 5.41) is 25.1. The first kappa shape index (κ1) is 15.0. The number of nitrogens with zero attached hydrogens (tertiary/aromatic N) is 2. The van der Waals surface area contributed by atoms with Crippen LogP contribution in [0.3, 0.4) is 0 Å². The van der Waals surface area contributed by atoms with E-state index >= 15 is 0 Å². The van der Waals surface area contributed by atoms with Crippen LogP contribution in [0.4, 0.5) is 5.69 Å². The van der Waals surface area contributed by atoms with E-state index in [4.69, 9.17) is 5.73 Å². The number of rotatable bonds is 5. The average molecular weight is 290 g/mol. The largest absolute Gasteiger partial charge is 0.399 e. The van der Waals surface area contributed by atoms with E-state index in [-0.39, 0.29) is 18.9 Å². The number of amides is 1. The summed E-state index contributed by atoms with van der Waals surface area (Å²) in [6.07, 6.45) is 1.65. The molecule has 1 aromatic heterocycles. The van der Waals surface area contributed by atoms with Gasteiger partial charge in [0.2, 0.25) is 0 Å². The fraction of sp³-hybridized carbons (Fsp3) is 0.286. The Hall–Kier alpha value is -2.38. The summed E-state index contributed by atoms with van der Waals surface area (Å²) in [5.74, 6) is -0.463. The number of nitrogens with one attached hydrogen (secondary N) is 1.